The van der Waals surface area contributed by atoms with Gasteiger partial charge in [-0.15, -0.1) is 0 Å². The lowest BCUT2D eigenvalue weighted by Crippen LogP contribution is -2.24. The third kappa shape index (κ3) is 2.57. The van der Waals surface area contributed by atoms with E-state index in [-0.39, 0.29) is 16.7 Å². The molecule has 90 valence electrons. The smallest absolute Gasteiger partial charge is 0.313 e. The monoisotopic (exact) mass is 226 g/mol. The number of nitrogens with zero attached hydrogens (tertiary/aromatic N) is 3. The quantitative estimate of drug-likeness (QED) is 0.605. The predicted molar refractivity (Wildman–Crippen MR) is 61.2 cm³/mol. The zero-order valence-corrected chi connectivity index (χ0v) is 9.93. The van der Waals surface area contributed by atoms with E-state index in [1.807, 2.05) is 6.92 Å². The van der Waals surface area contributed by atoms with Crippen LogP contribution in [0.3, 0.4) is 0 Å². The number of nitro groups is 1. The molecule has 6 heteroatoms. The maximum absolute atomic E-state index is 10.9. The van der Waals surface area contributed by atoms with E-state index in [2.05, 4.69) is 5.10 Å². The van der Waals surface area contributed by atoms with Crippen LogP contribution >= 0.6 is 0 Å². The fraction of sp³-hybridized carbons (Fsp3) is 0.700. The number of aryl methyl sites for hydroxylation is 2. The summed E-state index contributed by atoms with van der Waals surface area (Å²) in [7, 11) is 1.72. The molecule has 1 aromatic heterocycles. The first-order valence-electron chi connectivity index (χ1n) is 5.39. The van der Waals surface area contributed by atoms with Crippen LogP contribution in [0.2, 0.25) is 0 Å². The van der Waals surface area contributed by atoms with Crippen LogP contribution in [0.25, 0.3) is 0 Å². The molecule has 0 aliphatic rings. The molecule has 0 aromatic carbocycles. The fourth-order valence-corrected chi connectivity index (χ4v) is 1.88. The summed E-state index contributed by atoms with van der Waals surface area (Å²) >= 11 is 0. The Kier molecular flexibility index (Phi) is 4.00. The third-order valence-electron chi connectivity index (χ3n) is 2.60. The lowest BCUT2D eigenvalue weighted by atomic mass is 10.1. The second kappa shape index (κ2) is 5.07. The van der Waals surface area contributed by atoms with E-state index in [4.69, 9.17) is 5.73 Å². The maximum atomic E-state index is 10.9. The number of aromatic nitrogens is 2. The van der Waals surface area contributed by atoms with Crippen LogP contribution < -0.4 is 5.73 Å². The normalized spacial score (nSPS) is 12.8. The first-order valence-corrected chi connectivity index (χ1v) is 5.39. The van der Waals surface area contributed by atoms with E-state index in [0.29, 0.717) is 17.8 Å². The Labute approximate surface area is 94.6 Å². The lowest BCUT2D eigenvalue weighted by Gasteiger charge is -2.09. The molecule has 0 aliphatic carbocycles. The number of hydrogen-bond donors (Lipinski definition) is 1. The average molecular weight is 226 g/mol. The Morgan fingerprint density at radius 3 is 2.75 bits per heavy atom. The number of hydrogen-bond acceptors (Lipinski definition) is 4. The van der Waals surface area contributed by atoms with Crippen molar-refractivity contribution >= 4 is 5.69 Å². The van der Waals surface area contributed by atoms with E-state index < -0.39 is 0 Å². The van der Waals surface area contributed by atoms with E-state index in [1.165, 1.54) is 0 Å². The van der Waals surface area contributed by atoms with Crippen molar-refractivity contribution in [3.8, 4) is 0 Å². The molecule has 0 spiro atoms. The molecule has 6 nitrogen and oxygen atoms in total. The molecule has 1 aromatic rings. The summed E-state index contributed by atoms with van der Waals surface area (Å²) in [5.41, 5.74) is 7.07. The van der Waals surface area contributed by atoms with Crippen molar-refractivity contribution in [2.24, 2.45) is 12.8 Å². The zero-order valence-electron chi connectivity index (χ0n) is 9.93. The molecule has 0 radical (unpaired) electrons. The highest BCUT2D eigenvalue weighted by Gasteiger charge is 2.24. The molecule has 0 saturated carbocycles. The van der Waals surface area contributed by atoms with Gasteiger partial charge >= 0.3 is 5.69 Å². The summed E-state index contributed by atoms with van der Waals surface area (Å²) in [6.07, 6.45) is 2.34. The number of rotatable bonds is 5. The lowest BCUT2D eigenvalue weighted by molar-refractivity contribution is -0.386. The van der Waals surface area contributed by atoms with Crippen LogP contribution in [0.4, 0.5) is 5.69 Å². The van der Waals surface area contributed by atoms with Gasteiger partial charge in [0.05, 0.1) is 4.92 Å². The van der Waals surface area contributed by atoms with Gasteiger partial charge in [0.2, 0.25) is 0 Å². The molecule has 1 unspecified atom stereocenters. The molecule has 1 atom stereocenters. The Bertz CT molecular complexity index is 386. The van der Waals surface area contributed by atoms with Gasteiger partial charge in [-0.3, -0.25) is 14.8 Å². The van der Waals surface area contributed by atoms with Crippen LogP contribution in [-0.4, -0.2) is 20.7 Å². The molecule has 16 heavy (non-hydrogen) atoms. The first kappa shape index (κ1) is 12.6. The van der Waals surface area contributed by atoms with E-state index in [0.717, 1.165) is 12.8 Å². The van der Waals surface area contributed by atoms with Crippen LogP contribution in [0.1, 0.15) is 31.2 Å². The highest BCUT2D eigenvalue weighted by Crippen LogP contribution is 2.23. The van der Waals surface area contributed by atoms with E-state index in [1.54, 1.807) is 18.7 Å². The maximum Gasteiger partial charge on any atom is 0.313 e. The van der Waals surface area contributed by atoms with Gasteiger partial charge in [0.1, 0.15) is 11.4 Å². The second-order valence-electron chi connectivity index (χ2n) is 4.01. The molecular formula is C10H18N4O2. The average Bonchev–Trinajstić information content (AvgIpc) is 2.41. The van der Waals surface area contributed by atoms with Gasteiger partial charge in [-0.2, -0.15) is 5.10 Å². The predicted octanol–water partition coefficient (Wildman–Crippen LogP) is 1.31. The van der Waals surface area contributed by atoms with Gasteiger partial charge < -0.3 is 5.73 Å². The molecule has 2 N–H and O–H groups in total. The molecule has 0 bridgehead atoms. The van der Waals surface area contributed by atoms with Gasteiger partial charge in [0, 0.05) is 19.5 Å². The van der Waals surface area contributed by atoms with Gasteiger partial charge in [-0.05, 0) is 13.3 Å². The highest BCUT2D eigenvalue weighted by molar-refractivity contribution is 5.40. The minimum atomic E-state index is -0.379. The SMILES string of the molecule is CCCC(N)Cc1c([N+](=O)[O-])c(C)nn1C. The summed E-state index contributed by atoms with van der Waals surface area (Å²) < 4.78 is 1.56. The van der Waals surface area contributed by atoms with Crippen molar-refractivity contribution in [3.63, 3.8) is 0 Å². The van der Waals surface area contributed by atoms with Crippen molar-refractivity contribution in [3.05, 3.63) is 21.5 Å². The van der Waals surface area contributed by atoms with Crippen molar-refractivity contribution in [2.45, 2.75) is 39.2 Å². The summed E-state index contributed by atoms with van der Waals surface area (Å²) in [6.45, 7) is 3.69. The topological polar surface area (TPSA) is 87.0 Å². The Morgan fingerprint density at radius 2 is 2.25 bits per heavy atom. The molecule has 0 amide bonds. The summed E-state index contributed by atoms with van der Waals surface area (Å²) in [4.78, 5) is 10.5. The zero-order chi connectivity index (χ0) is 12.3. The largest absolute Gasteiger partial charge is 0.327 e. The summed E-state index contributed by atoms with van der Waals surface area (Å²) in [5.74, 6) is 0. The standard InChI is InChI=1S/C10H18N4O2/c1-4-5-8(11)6-9-10(14(15)16)7(2)12-13(9)3/h8H,4-6,11H2,1-3H3. The fourth-order valence-electron chi connectivity index (χ4n) is 1.88. The first-order chi connectivity index (χ1) is 7.47. The van der Waals surface area contributed by atoms with Gasteiger partial charge in [-0.1, -0.05) is 13.3 Å². The minimum absolute atomic E-state index is 0.0431. The van der Waals surface area contributed by atoms with Crippen LogP contribution in [0, 0.1) is 17.0 Å². The van der Waals surface area contributed by atoms with Gasteiger partial charge in [0.15, 0.2) is 0 Å². The molecule has 0 aliphatic heterocycles. The van der Waals surface area contributed by atoms with Crippen molar-refractivity contribution in [1.29, 1.82) is 0 Å². The van der Waals surface area contributed by atoms with Crippen molar-refractivity contribution < 1.29 is 4.92 Å². The second-order valence-corrected chi connectivity index (χ2v) is 4.01. The highest BCUT2D eigenvalue weighted by atomic mass is 16.6. The Balaban J connectivity index is 2.98. The molecule has 1 rings (SSSR count). The van der Waals surface area contributed by atoms with E-state index in [9.17, 15) is 10.1 Å². The van der Waals surface area contributed by atoms with Crippen LogP contribution in [-0.2, 0) is 13.5 Å². The Morgan fingerprint density at radius 1 is 1.62 bits per heavy atom. The van der Waals surface area contributed by atoms with Crippen molar-refractivity contribution in [1.82, 2.24) is 9.78 Å². The van der Waals surface area contributed by atoms with Crippen LogP contribution in [0.5, 0.6) is 0 Å². The molecule has 0 fully saturated rings. The third-order valence-corrected chi connectivity index (χ3v) is 2.60. The summed E-state index contributed by atoms with van der Waals surface area (Å²) in [6, 6.07) is -0.0431. The molecular weight excluding hydrogens is 208 g/mol. The minimum Gasteiger partial charge on any atom is -0.327 e. The molecule has 0 saturated heterocycles. The van der Waals surface area contributed by atoms with Gasteiger partial charge in [-0.25, -0.2) is 0 Å². The van der Waals surface area contributed by atoms with Crippen molar-refractivity contribution in [2.75, 3.05) is 0 Å². The summed E-state index contributed by atoms with van der Waals surface area (Å²) in [5, 5.41) is 15.0. The Hall–Kier alpha value is -1.43. The van der Waals surface area contributed by atoms with Gasteiger partial charge in [0.25, 0.3) is 0 Å². The van der Waals surface area contributed by atoms with Crippen LogP contribution in [0.15, 0.2) is 0 Å². The number of nitrogens with two attached hydrogens (primary N) is 1. The molecule has 1 heterocycles. The van der Waals surface area contributed by atoms with E-state index >= 15 is 0 Å².